The van der Waals surface area contributed by atoms with Crippen LogP contribution in [0.5, 0.6) is 5.75 Å². The van der Waals surface area contributed by atoms with Crippen LogP contribution in [0.2, 0.25) is 18.6 Å². The lowest BCUT2D eigenvalue weighted by Gasteiger charge is -2.37. The average molecular weight is 597 g/mol. The lowest BCUT2D eigenvalue weighted by Crippen LogP contribution is -2.51. The number of methoxy groups -OCH3 is 1. The molecule has 1 aromatic heterocycles. The number of anilines is 1. The minimum absolute atomic E-state index is 0.00456. The van der Waals surface area contributed by atoms with E-state index in [0.717, 1.165) is 28.3 Å². The molecule has 5 atom stereocenters. The molecular formula is C34H40N4O4Si. The fraction of sp³-hybridized carbons (Fsp3) is 0.382. The van der Waals surface area contributed by atoms with Crippen molar-refractivity contribution in [1.29, 1.82) is 0 Å². The smallest absolute Gasteiger partial charge is 0.264 e. The number of ether oxygens (including phenoxy) is 2. The Morgan fingerprint density at radius 3 is 2.44 bits per heavy atom. The van der Waals surface area contributed by atoms with Crippen LogP contribution < -0.4 is 14.8 Å². The van der Waals surface area contributed by atoms with Crippen LogP contribution in [0.1, 0.15) is 36.1 Å². The maximum absolute atomic E-state index is 14.1. The second-order valence-corrected chi connectivity index (χ2v) is 17.1. The number of amides is 1. The van der Waals surface area contributed by atoms with Crippen molar-refractivity contribution < 1.29 is 19.4 Å². The van der Waals surface area contributed by atoms with Gasteiger partial charge in [0.05, 0.1) is 45.2 Å². The first-order chi connectivity index (χ1) is 20.7. The van der Waals surface area contributed by atoms with Crippen molar-refractivity contribution in [3.8, 4) is 5.75 Å². The summed E-state index contributed by atoms with van der Waals surface area (Å²) in [6.07, 6.45) is 2.44. The number of aryl methyl sites for hydroxylation is 1. The number of aliphatic hydroxyl groups excluding tert-OH is 1. The van der Waals surface area contributed by atoms with Gasteiger partial charge >= 0.3 is 0 Å². The Hall–Kier alpha value is -3.79. The van der Waals surface area contributed by atoms with Gasteiger partial charge in [0.2, 0.25) is 0 Å². The molecule has 2 aliphatic heterocycles. The highest BCUT2D eigenvalue weighted by molar-refractivity contribution is 6.91. The summed E-state index contributed by atoms with van der Waals surface area (Å²) in [4.78, 5) is 15.9. The number of likely N-dealkylation sites (N-methyl/N-ethyl adjacent to an activating group) is 1. The summed E-state index contributed by atoms with van der Waals surface area (Å²) in [5, 5.41) is 20.3. The zero-order valence-electron chi connectivity index (χ0n) is 25.5. The third kappa shape index (κ3) is 4.79. The van der Waals surface area contributed by atoms with E-state index >= 15 is 0 Å². The van der Waals surface area contributed by atoms with Crippen molar-refractivity contribution >= 4 is 24.9 Å². The minimum atomic E-state index is -2.21. The highest BCUT2D eigenvalue weighted by Crippen LogP contribution is 2.59. The second kappa shape index (κ2) is 11.4. The van der Waals surface area contributed by atoms with E-state index in [1.165, 1.54) is 5.19 Å². The summed E-state index contributed by atoms with van der Waals surface area (Å²) in [6.45, 7) is 7.52. The number of rotatable bonds is 9. The van der Waals surface area contributed by atoms with Crippen LogP contribution >= 0.6 is 0 Å². The van der Waals surface area contributed by atoms with Gasteiger partial charge in [-0.2, -0.15) is 0 Å². The maximum atomic E-state index is 14.1. The summed E-state index contributed by atoms with van der Waals surface area (Å²) in [5.74, 6) is 0.559. The molecule has 1 unspecified atom stereocenters. The molecule has 0 saturated carbocycles. The third-order valence-corrected chi connectivity index (χ3v) is 14.2. The summed E-state index contributed by atoms with van der Waals surface area (Å²) in [7, 11) is 1.33. The molecule has 6 rings (SSSR count). The number of fused-ring (bicyclic) bond motifs is 2. The van der Waals surface area contributed by atoms with Crippen molar-refractivity contribution in [2.24, 2.45) is 5.92 Å². The molecule has 3 aromatic carbocycles. The van der Waals surface area contributed by atoms with Gasteiger partial charge in [0.1, 0.15) is 5.75 Å². The van der Waals surface area contributed by atoms with Gasteiger partial charge in [-0.15, -0.1) is 5.10 Å². The van der Waals surface area contributed by atoms with Crippen LogP contribution in [0.15, 0.2) is 85.1 Å². The van der Waals surface area contributed by atoms with Gasteiger partial charge in [0.15, 0.2) is 5.60 Å². The predicted octanol–water partition coefficient (Wildman–Crippen LogP) is 4.69. The molecule has 0 bridgehead atoms. The number of hydrogen-bond acceptors (Lipinski definition) is 6. The standard InChI is InChI=1S/C34H40N4O4Si/c1-23-32(43(4,5)26-17-15-25(41-3)16-18-26)31(42-34(23)28-13-9-10-14-30(28)37(2)33(34)40)19-20-38-21-29(35-36-38)27(22-39)24-11-7-6-8-12-24/h6-18,21,23,27,31-32,39H,19-20,22H2,1-5H3/t23-,27?,31+,32-,34+/m1/s1. The van der Waals surface area contributed by atoms with E-state index in [2.05, 4.69) is 48.5 Å². The Bertz CT molecular complexity index is 1590. The molecular weight excluding hydrogens is 556 g/mol. The molecule has 1 spiro atoms. The van der Waals surface area contributed by atoms with E-state index in [4.69, 9.17) is 9.47 Å². The molecule has 8 nitrogen and oxygen atoms in total. The van der Waals surface area contributed by atoms with E-state index < -0.39 is 13.7 Å². The van der Waals surface area contributed by atoms with Crippen LogP contribution in [0, 0.1) is 5.92 Å². The minimum Gasteiger partial charge on any atom is -0.497 e. The van der Waals surface area contributed by atoms with Gasteiger partial charge in [0, 0.05) is 31.3 Å². The Morgan fingerprint density at radius 2 is 1.74 bits per heavy atom. The summed E-state index contributed by atoms with van der Waals surface area (Å²) >= 11 is 0. The molecule has 43 heavy (non-hydrogen) atoms. The van der Waals surface area contributed by atoms with Gasteiger partial charge in [-0.3, -0.25) is 9.48 Å². The Labute approximate surface area is 254 Å². The fourth-order valence-electron chi connectivity index (χ4n) is 7.54. The van der Waals surface area contributed by atoms with Crippen LogP contribution in [0.4, 0.5) is 5.69 Å². The third-order valence-electron chi connectivity index (χ3n) is 9.81. The van der Waals surface area contributed by atoms with E-state index in [1.54, 1.807) is 12.0 Å². The first-order valence-electron chi connectivity index (χ1n) is 15.0. The first-order valence-corrected chi connectivity index (χ1v) is 18.1. The first kappa shape index (κ1) is 29.3. The zero-order chi connectivity index (χ0) is 30.4. The number of carbonyl (C=O) groups is 1. The van der Waals surface area contributed by atoms with Crippen molar-refractivity contribution in [3.63, 3.8) is 0 Å². The number of hydrogen-bond donors (Lipinski definition) is 1. The SMILES string of the molecule is COc1ccc([Si](C)(C)[C@H]2[C@H](CCn3cc(C(CO)c4ccccc4)nn3)O[C@@]3(C(=O)N(C)c4ccccc43)[C@@H]2C)cc1. The Kier molecular flexibility index (Phi) is 7.74. The van der Waals surface area contributed by atoms with Crippen LogP contribution in [0.25, 0.3) is 0 Å². The number of carbonyl (C=O) groups excluding carboxylic acids is 1. The molecule has 4 aromatic rings. The molecule has 1 fully saturated rings. The molecule has 224 valence electrons. The quantitative estimate of drug-likeness (QED) is 0.282. The molecule has 0 aliphatic carbocycles. The number of para-hydroxylation sites is 1. The van der Waals surface area contributed by atoms with Gasteiger partial charge in [0.25, 0.3) is 5.91 Å². The Morgan fingerprint density at radius 1 is 1.05 bits per heavy atom. The predicted molar refractivity (Wildman–Crippen MR) is 169 cm³/mol. The number of benzene rings is 3. The van der Waals surface area contributed by atoms with Crippen LogP contribution in [-0.2, 0) is 21.7 Å². The largest absolute Gasteiger partial charge is 0.497 e. The van der Waals surface area contributed by atoms with Crippen molar-refractivity contribution in [2.45, 2.75) is 56.1 Å². The van der Waals surface area contributed by atoms with Crippen molar-refractivity contribution in [2.75, 3.05) is 25.7 Å². The fourth-order valence-corrected chi connectivity index (χ4v) is 11.6. The lowest BCUT2D eigenvalue weighted by molar-refractivity contribution is -0.145. The number of aromatic nitrogens is 3. The van der Waals surface area contributed by atoms with E-state index in [9.17, 15) is 9.90 Å². The number of aliphatic hydroxyl groups is 1. The maximum Gasteiger partial charge on any atom is 0.264 e. The van der Waals surface area contributed by atoms with Crippen LogP contribution in [-0.4, -0.2) is 60.9 Å². The Balaban J connectivity index is 1.33. The molecule has 2 aliphatic rings. The van der Waals surface area contributed by atoms with E-state index in [0.29, 0.717) is 13.0 Å². The molecule has 1 amide bonds. The van der Waals surface area contributed by atoms with Crippen molar-refractivity contribution in [1.82, 2.24) is 15.0 Å². The van der Waals surface area contributed by atoms with Gasteiger partial charge in [-0.05, 0) is 35.7 Å². The van der Waals surface area contributed by atoms with Gasteiger partial charge < -0.3 is 19.5 Å². The molecule has 1 saturated heterocycles. The summed E-state index contributed by atoms with van der Waals surface area (Å²) < 4.78 is 14.4. The van der Waals surface area contributed by atoms with E-state index in [1.807, 2.05) is 78.6 Å². The second-order valence-electron chi connectivity index (χ2n) is 12.4. The highest BCUT2D eigenvalue weighted by atomic mass is 28.3. The topological polar surface area (TPSA) is 89.7 Å². The average Bonchev–Trinajstić information content (AvgIpc) is 3.68. The summed E-state index contributed by atoms with van der Waals surface area (Å²) in [5.41, 5.74) is 2.74. The summed E-state index contributed by atoms with van der Waals surface area (Å²) in [6, 6.07) is 26.3. The van der Waals surface area contributed by atoms with Gasteiger partial charge in [-0.1, -0.05) is 91.1 Å². The highest BCUT2D eigenvalue weighted by Gasteiger charge is 2.65. The van der Waals surface area contributed by atoms with Crippen molar-refractivity contribution in [3.05, 3.63) is 102 Å². The van der Waals surface area contributed by atoms with Gasteiger partial charge in [-0.25, -0.2) is 0 Å². The molecule has 0 radical (unpaired) electrons. The lowest BCUT2D eigenvalue weighted by atomic mass is 9.82. The molecule has 9 heteroatoms. The zero-order valence-corrected chi connectivity index (χ0v) is 26.5. The molecule has 1 N–H and O–H groups in total. The molecule has 3 heterocycles. The number of nitrogens with zero attached hydrogens (tertiary/aromatic N) is 4. The van der Waals surface area contributed by atoms with Crippen LogP contribution in [0.3, 0.4) is 0 Å². The van der Waals surface area contributed by atoms with E-state index in [-0.39, 0.29) is 36.0 Å². The monoisotopic (exact) mass is 596 g/mol. The normalized spacial score (nSPS) is 24.0.